The van der Waals surface area contributed by atoms with E-state index in [1.807, 2.05) is 0 Å². The largest absolute Gasteiger partial charge is 0.302 e. The number of likely N-dealkylation sites (tertiary alicyclic amines) is 1. The molecule has 78 valence electrons. The van der Waals surface area contributed by atoms with Gasteiger partial charge in [0.25, 0.3) is 0 Å². The number of rotatable bonds is 2. The molecule has 0 radical (unpaired) electrons. The smallest absolute Gasteiger partial charge is 0.0703 e. The van der Waals surface area contributed by atoms with E-state index in [-0.39, 0.29) is 5.41 Å². The minimum Gasteiger partial charge on any atom is -0.302 e. The average molecular weight is 192 g/mol. The molecule has 0 amide bonds. The summed E-state index contributed by atoms with van der Waals surface area (Å²) < 4.78 is 0. The highest BCUT2D eigenvalue weighted by Gasteiger charge is 2.39. The summed E-state index contributed by atoms with van der Waals surface area (Å²) in [5.41, 5.74) is 0.0422. The zero-order valence-electron chi connectivity index (χ0n) is 9.13. The molecule has 2 rings (SSSR count). The lowest BCUT2D eigenvalue weighted by molar-refractivity contribution is 0.0937. The van der Waals surface area contributed by atoms with Crippen LogP contribution in [0.25, 0.3) is 0 Å². The van der Waals surface area contributed by atoms with Crippen LogP contribution in [-0.2, 0) is 0 Å². The zero-order valence-corrected chi connectivity index (χ0v) is 9.13. The monoisotopic (exact) mass is 192 g/mol. The number of hydrogen-bond acceptors (Lipinski definition) is 2. The number of piperidine rings is 1. The maximum absolute atomic E-state index is 9.14. The maximum atomic E-state index is 9.14. The molecule has 0 spiro atoms. The Balaban J connectivity index is 1.83. The van der Waals surface area contributed by atoms with Crippen molar-refractivity contribution in [2.75, 3.05) is 19.6 Å². The van der Waals surface area contributed by atoms with Gasteiger partial charge in [-0.1, -0.05) is 13.3 Å². The first-order chi connectivity index (χ1) is 6.74. The van der Waals surface area contributed by atoms with Crippen molar-refractivity contribution in [2.45, 2.75) is 39.0 Å². The first-order valence-electron chi connectivity index (χ1n) is 5.88. The van der Waals surface area contributed by atoms with Gasteiger partial charge in [-0.15, -0.1) is 0 Å². The first-order valence-corrected chi connectivity index (χ1v) is 5.88. The Morgan fingerprint density at radius 3 is 2.43 bits per heavy atom. The second kappa shape index (κ2) is 3.90. The SMILES string of the molecule is CC1CCN(CC2(C#N)CCC2)CC1. The Bertz CT molecular complexity index is 229. The van der Waals surface area contributed by atoms with Crippen molar-refractivity contribution in [3.05, 3.63) is 0 Å². The van der Waals surface area contributed by atoms with Crippen molar-refractivity contribution in [3.8, 4) is 6.07 Å². The molecule has 0 aromatic carbocycles. The van der Waals surface area contributed by atoms with Gasteiger partial charge in [0.15, 0.2) is 0 Å². The number of nitrogens with zero attached hydrogens (tertiary/aromatic N) is 2. The van der Waals surface area contributed by atoms with Crippen LogP contribution in [0.1, 0.15) is 39.0 Å². The van der Waals surface area contributed by atoms with Crippen molar-refractivity contribution in [3.63, 3.8) is 0 Å². The summed E-state index contributed by atoms with van der Waals surface area (Å²) >= 11 is 0. The van der Waals surface area contributed by atoms with Gasteiger partial charge in [-0.3, -0.25) is 0 Å². The topological polar surface area (TPSA) is 27.0 Å². The molecule has 2 fully saturated rings. The Kier molecular flexibility index (Phi) is 2.78. The lowest BCUT2D eigenvalue weighted by Gasteiger charge is -2.41. The molecule has 0 N–H and O–H groups in total. The number of hydrogen-bond donors (Lipinski definition) is 0. The summed E-state index contributed by atoms with van der Waals surface area (Å²) in [4.78, 5) is 2.50. The van der Waals surface area contributed by atoms with E-state index in [9.17, 15) is 0 Å². The second-order valence-electron chi connectivity index (χ2n) is 5.20. The van der Waals surface area contributed by atoms with Gasteiger partial charge in [-0.05, 0) is 44.7 Å². The molecule has 0 atom stereocenters. The van der Waals surface area contributed by atoms with E-state index < -0.39 is 0 Å². The van der Waals surface area contributed by atoms with Crippen LogP contribution in [0.3, 0.4) is 0 Å². The molecule has 1 saturated heterocycles. The zero-order chi connectivity index (χ0) is 10.0. The molecule has 0 bridgehead atoms. The predicted octanol–water partition coefficient (Wildman–Crippen LogP) is 2.41. The lowest BCUT2D eigenvalue weighted by atomic mass is 9.69. The first kappa shape index (κ1) is 9.98. The van der Waals surface area contributed by atoms with Gasteiger partial charge >= 0.3 is 0 Å². The normalized spacial score (nSPS) is 28.0. The third kappa shape index (κ3) is 1.93. The second-order valence-corrected chi connectivity index (χ2v) is 5.20. The Hall–Kier alpha value is -0.550. The highest BCUT2D eigenvalue weighted by atomic mass is 15.1. The maximum Gasteiger partial charge on any atom is 0.0703 e. The lowest BCUT2D eigenvalue weighted by Crippen LogP contribution is -2.44. The van der Waals surface area contributed by atoms with Gasteiger partial charge in [-0.2, -0.15) is 5.26 Å². The van der Waals surface area contributed by atoms with Crippen LogP contribution < -0.4 is 0 Å². The van der Waals surface area contributed by atoms with Crippen LogP contribution in [0.5, 0.6) is 0 Å². The van der Waals surface area contributed by atoms with Crippen LogP contribution in [0.4, 0.5) is 0 Å². The molecule has 1 aliphatic carbocycles. The third-order valence-corrected chi connectivity index (χ3v) is 3.95. The van der Waals surface area contributed by atoms with Crippen molar-refractivity contribution in [1.82, 2.24) is 4.90 Å². The van der Waals surface area contributed by atoms with Crippen LogP contribution in [0.2, 0.25) is 0 Å². The summed E-state index contributed by atoms with van der Waals surface area (Å²) in [7, 11) is 0. The van der Waals surface area contributed by atoms with Crippen LogP contribution in [0, 0.1) is 22.7 Å². The predicted molar refractivity (Wildman–Crippen MR) is 56.7 cm³/mol. The van der Waals surface area contributed by atoms with E-state index in [1.165, 1.54) is 32.4 Å². The van der Waals surface area contributed by atoms with E-state index in [1.54, 1.807) is 0 Å². The van der Waals surface area contributed by atoms with Crippen LogP contribution >= 0.6 is 0 Å². The Morgan fingerprint density at radius 1 is 1.36 bits per heavy atom. The molecular formula is C12H20N2. The highest BCUT2D eigenvalue weighted by molar-refractivity contribution is 5.06. The summed E-state index contributed by atoms with van der Waals surface area (Å²) in [6.07, 6.45) is 6.17. The average Bonchev–Trinajstić information content (AvgIpc) is 2.15. The van der Waals surface area contributed by atoms with E-state index in [0.717, 1.165) is 25.3 Å². The fourth-order valence-electron chi connectivity index (χ4n) is 2.56. The van der Waals surface area contributed by atoms with Crippen molar-refractivity contribution in [2.24, 2.45) is 11.3 Å². The van der Waals surface area contributed by atoms with E-state index in [4.69, 9.17) is 5.26 Å². The van der Waals surface area contributed by atoms with Crippen molar-refractivity contribution < 1.29 is 0 Å². The van der Waals surface area contributed by atoms with Gasteiger partial charge in [0.1, 0.15) is 0 Å². The molecule has 0 aromatic heterocycles. The molecule has 1 saturated carbocycles. The summed E-state index contributed by atoms with van der Waals surface area (Å²) in [6, 6.07) is 2.53. The van der Waals surface area contributed by atoms with Crippen LogP contribution in [-0.4, -0.2) is 24.5 Å². The molecule has 0 unspecified atom stereocenters. The quantitative estimate of drug-likeness (QED) is 0.672. The molecule has 2 aliphatic rings. The molecule has 14 heavy (non-hydrogen) atoms. The van der Waals surface area contributed by atoms with Gasteiger partial charge < -0.3 is 4.90 Å². The standard InChI is InChI=1S/C12H20N2/c1-11-3-7-14(8-4-11)10-12(9-13)5-2-6-12/h11H,2-8,10H2,1H3. The van der Waals surface area contributed by atoms with Gasteiger partial charge in [-0.25, -0.2) is 0 Å². The molecule has 1 heterocycles. The van der Waals surface area contributed by atoms with Gasteiger partial charge in [0.2, 0.25) is 0 Å². The van der Waals surface area contributed by atoms with Crippen molar-refractivity contribution in [1.29, 1.82) is 5.26 Å². The number of nitriles is 1. The van der Waals surface area contributed by atoms with Gasteiger partial charge in [0, 0.05) is 6.54 Å². The minimum atomic E-state index is 0.0422. The third-order valence-electron chi connectivity index (χ3n) is 3.95. The fourth-order valence-corrected chi connectivity index (χ4v) is 2.56. The fraction of sp³-hybridized carbons (Fsp3) is 0.917. The van der Waals surface area contributed by atoms with Crippen molar-refractivity contribution >= 4 is 0 Å². The Morgan fingerprint density at radius 2 is 2.00 bits per heavy atom. The van der Waals surface area contributed by atoms with Gasteiger partial charge in [0.05, 0.1) is 11.5 Å². The summed E-state index contributed by atoms with van der Waals surface area (Å²) in [6.45, 7) is 5.80. The van der Waals surface area contributed by atoms with E-state index >= 15 is 0 Å². The minimum absolute atomic E-state index is 0.0422. The molecular weight excluding hydrogens is 172 g/mol. The molecule has 1 aliphatic heterocycles. The van der Waals surface area contributed by atoms with Crippen LogP contribution in [0.15, 0.2) is 0 Å². The Labute approximate surface area is 86.9 Å². The summed E-state index contributed by atoms with van der Waals surface area (Å²) in [5.74, 6) is 0.894. The summed E-state index contributed by atoms with van der Waals surface area (Å²) in [5, 5.41) is 9.14. The molecule has 0 aromatic rings. The highest BCUT2D eigenvalue weighted by Crippen LogP contribution is 2.41. The van der Waals surface area contributed by atoms with E-state index in [2.05, 4.69) is 17.9 Å². The molecule has 2 nitrogen and oxygen atoms in total. The van der Waals surface area contributed by atoms with E-state index in [0.29, 0.717) is 0 Å². The molecule has 2 heteroatoms.